The smallest absolute Gasteiger partial charge is 0.147 e. The number of nitrogens with one attached hydrogen (secondary N) is 1. The maximum atomic E-state index is 9.06. The number of aromatic nitrogens is 2. The molecule has 1 aliphatic rings. The van der Waals surface area contributed by atoms with Gasteiger partial charge in [-0.2, -0.15) is 5.26 Å². The summed E-state index contributed by atoms with van der Waals surface area (Å²) in [7, 11) is 0. The van der Waals surface area contributed by atoms with E-state index in [9.17, 15) is 0 Å². The summed E-state index contributed by atoms with van der Waals surface area (Å²) in [5, 5.41) is 12.4. The van der Waals surface area contributed by atoms with Crippen molar-refractivity contribution in [3.05, 3.63) is 17.6 Å². The van der Waals surface area contributed by atoms with Crippen molar-refractivity contribution in [1.82, 2.24) is 9.97 Å². The van der Waals surface area contributed by atoms with Crippen molar-refractivity contribution in [2.24, 2.45) is 5.73 Å². The second-order valence-corrected chi connectivity index (χ2v) is 4.84. The van der Waals surface area contributed by atoms with E-state index < -0.39 is 0 Å². The van der Waals surface area contributed by atoms with Crippen LogP contribution in [0.5, 0.6) is 0 Å². The van der Waals surface area contributed by atoms with E-state index in [0.29, 0.717) is 17.2 Å². The molecular weight excluding hydrogens is 226 g/mol. The molecule has 1 aliphatic carbocycles. The minimum atomic E-state index is 0.134. The fourth-order valence-corrected chi connectivity index (χ4v) is 2.35. The van der Waals surface area contributed by atoms with Crippen molar-refractivity contribution in [2.75, 3.05) is 5.32 Å². The molecule has 3 N–H and O–H groups in total. The monoisotopic (exact) mass is 245 g/mol. The van der Waals surface area contributed by atoms with E-state index in [0.717, 1.165) is 12.8 Å². The van der Waals surface area contributed by atoms with Gasteiger partial charge in [0.15, 0.2) is 0 Å². The molecule has 1 aromatic heterocycles. The van der Waals surface area contributed by atoms with Crippen LogP contribution in [0.25, 0.3) is 0 Å². The van der Waals surface area contributed by atoms with Crippen LogP contribution in [0.15, 0.2) is 6.20 Å². The highest BCUT2D eigenvalue weighted by molar-refractivity contribution is 5.51. The second-order valence-electron chi connectivity index (χ2n) is 4.84. The molecular formula is C13H19N5. The maximum absolute atomic E-state index is 9.06. The number of anilines is 1. The van der Waals surface area contributed by atoms with Crippen molar-refractivity contribution < 1.29 is 0 Å². The van der Waals surface area contributed by atoms with Crippen LogP contribution in [-0.2, 0) is 0 Å². The topological polar surface area (TPSA) is 87.6 Å². The molecule has 18 heavy (non-hydrogen) atoms. The van der Waals surface area contributed by atoms with E-state index in [1.807, 2.05) is 6.92 Å². The Morgan fingerprint density at radius 3 is 2.94 bits per heavy atom. The SMILES string of the molecule is Cc1ncc(C#N)c(NC2CCCCCC2N)n1. The van der Waals surface area contributed by atoms with Gasteiger partial charge in [-0.1, -0.05) is 19.3 Å². The average molecular weight is 245 g/mol. The van der Waals surface area contributed by atoms with Crippen LogP contribution in [0.3, 0.4) is 0 Å². The second kappa shape index (κ2) is 5.78. The van der Waals surface area contributed by atoms with Gasteiger partial charge in [-0.15, -0.1) is 0 Å². The predicted molar refractivity (Wildman–Crippen MR) is 70.0 cm³/mol. The first-order valence-electron chi connectivity index (χ1n) is 6.46. The Morgan fingerprint density at radius 1 is 1.39 bits per heavy atom. The fourth-order valence-electron chi connectivity index (χ4n) is 2.35. The van der Waals surface area contributed by atoms with Gasteiger partial charge in [-0.25, -0.2) is 9.97 Å². The highest BCUT2D eigenvalue weighted by Crippen LogP contribution is 2.21. The Labute approximate surface area is 107 Å². The van der Waals surface area contributed by atoms with Crippen LogP contribution < -0.4 is 11.1 Å². The number of nitrogens with two attached hydrogens (primary N) is 1. The fraction of sp³-hybridized carbons (Fsp3) is 0.615. The molecule has 0 radical (unpaired) electrons. The standard InChI is InChI=1S/C13H19N5/c1-9-16-8-10(7-14)13(17-9)18-12-6-4-2-3-5-11(12)15/h8,11-12H,2-6,15H2,1H3,(H,16,17,18). The minimum Gasteiger partial charge on any atom is -0.365 e. The Kier molecular flexibility index (Phi) is 4.11. The maximum Gasteiger partial charge on any atom is 0.147 e. The first-order valence-corrected chi connectivity index (χ1v) is 6.46. The van der Waals surface area contributed by atoms with Crippen molar-refractivity contribution in [3.8, 4) is 6.07 Å². The lowest BCUT2D eigenvalue weighted by Gasteiger charge is -2.23. The van der Waals surface area contributed by atoms with Gasteiger partial charge in [0.05, 0.1) is 6.20 Å². The molecule has 2 unspecified atom stereocenters. The zero-order valence-electron chi connectivity index (χ0n) is 10.7. The van der Waals surface area contributed by atoms with E-state index in [2.05, 4.69) is 21.4 Å². The summed E-state index contributed by atoms with van der Waals surface area (Å²) >= 11 is 0. The Hall–Kier alpha value is -1.67. The van der Waals surface area contributed by atoms with Gasteiger partial charge in [0.2, 0.25) is 0 Å². The van der Waals surface area contributed by atoms with Gasteiger partial charge >= 0.3 is 0 Å². The van der Waals surface area contributed by atoms with E-state index in [-0.39, 0.29) is 12.1 Å². The number of hydrogen-bond acceptors (Lipinski definition) is 5. The number of hydrogen-bond donors (Lipinski definition) is 2. The summed E-state index contributed by atoms with van der Waals surface area (Å²) in [5.74, 6) is 1.28. The van der Waals surface area contributed by atoms with Gasteiger partial charge in [0, 0.05) is 12.1 Å². The van der Waals surface area contributed by atoms with Crippen LogP contribution >= 0.6 is 0 Å². The Morgan fingerprint density at radius 2 is 2.17 bits per heavy atom. The molecule has 0 saturated heterocycles. The van der Waals surface area contributed by atoms with Gasteiger partial charge in [-0.3, -0.25) is 0 Å². The van der Waals surface area contributed by atoms with Crippen molar-refractivity contribution in [2.45, 2.75) is 51.1 Å². The third-order valence-corrected chi connectivity index (χ3v) is 3.42. The molecule has 0 bridgehead atoms. The van der Waals surface area contributed by atoms with Gasteiger partial charge in [0.1, 0.15) is 23.3 Å². The summed E-state index contributed by atoms with van der Waals surface area (Å²) in [5.41, 5.74) is 6.65. The number of nitriles is 1. The molecule has 0 amide bonds. The molecule has 1 saturated carbocycles. The van der Waals surface area contributed by atoms with Gasteiger partial charge in [0.25, 0.3) is 0 Å². The summed E-state index contributed by atoms with van der Waals surface area (Å²) < 4.78 is 0. The third-order valence-electron chi connectivity index (χ3n) is 3.42. The zero-order chi connectivity index (χ0) is 13.0. The summed E-state index contributed by atoms with van der Waals surface area (Å²) in [6.45, 7) is 1.82. The molecule has 5 nitrogen and oxygen atoms in total. The van der Waals surface area contributed by atoms with Crippen LogP contribution in [0.1, 0.15) is 43.5 Å². The normalized spacial score (nSPS) is 24.1. The highest BCUT2D eigenvalue weighted by Gasteiger charge is 2.21. The summed E-state index contributed by atoms with van der Waals surface area (Å²) in [6, 6.07) is 2.45. The van der Waals surface area contributed by atoms with E-state index in [4.69, 9.17) is 11.0 Å². The minimum absolute atomic E-state index is 0.134. The Bertz CT molecular complexity index is 451. The molecule has 1 heterocycles. The van der Waals surface area contributed by atoms with Crippen LogP contribution in [-0.4, -0.2) is 22.1 Å². The molecule has 96 valence electrons. The van der Waals surface area contributed by atoms with Crippen molar-refractivity contribution >= 4 is 5.82 Å². The predicted octanol–water partition coefficient (Wildman–Crippen LogP) is 1.73. The largest absolute Gasteiger partial charge is 0.365 e. The average Bonchev–Trinajstić information content (AvgIpc) is 2.55. The number of rotatable bonds is 2. The van der Waals surface area contributed by atoms with Gasteiger partial charge in [-0.05, 0) is 19.8 Å². The van der Waals surface area contributed by atoms with Crippen LogP contribution in [0.4, 0.5) is 5.82 Å². The third kappa shape index (κ3) is 2.96. The first kappa shape index (κ1) is 12.8. The van der Waals surface area contributed by atoms with E-state index >= 15 is 0 Å². The summed E-state index contributed by atoms with van der Waals surface area (Å²) in [6.07, 6.45) is 7.23. The van der Waals surface area contributed by atoms with Crippen molar-refractivity contribution in [1.29, 1.82) is 5.26 Å². The van der Waals surface area contributed by atoms with Crippen molar-refractivity contribution in [3.63, 3.8) is 0 Å². The molecule has 0 aromatic carbocycles. The van der Waals surface area contributed by atoms with Gasteiger partial charge < -0.3 is 11.1 Å². The lowest BCUT2D eigenvalue weighted by molar-refractivity contribution is 0.526. The van der Waals surface area contributed by atoms with Crippen LogP contribution in [0.2, 0.25) is 0 Å². The van der Waals surface area contributed by atoms with E-state index in [1.165, 1.54) is 19.3 Å². The summed E-state index contributed by atoms with van der Waals surface area (Å²) in [4.78, 5) is 8.34. The number of aryl methyl sites for hydroxylation is 1. The molecule has 1 aromatic rings. The lowest BCUT2D eigenvalue weighted by Crippen LogP contribution is -2.39. The quantitative estimate of drug-likeness (QED) is 0.775. The Balaban J connectivity index is 2.17. The molecule has 0 aliphatic heterocycles. The molecule has 5 heteroatoms. The number of nitrogens with zero attached hydrogens (tertiary/aromatic N) is 3. The first-order chi connectivity index (χ1) is 8.70. The van der Waals surface area contributed by atoms with E-state index in [1.54, 1.807) is 6.20 Å². The highest BCUT2D eigenvalue weighted by atomic mass is 15.1. The molecule has 1 fully saturated rings. The molecule has 2 atom stereocenters. The zero-order valence-corrected chi connectivity index (χ0v) is 10.7. The molecule has 2 rings (SSSR count). The van der Waals surface area contributed by atoms with Crippen LogP contribution in [0, 0.1) is 18.3 Å². The lowest BCUT2D eigenvalue weighted by atomic mass is 10.0. The molecule has 0 spiro atoms.